The zero-order valence-electron chi connectivity index (χ0n) is 24.5. The molecule has 45 heavy (non-hydrogen) atoms. The summed E-state index contributed by atoms with van der Waals surface area (Å²) in [4.78, 5) is 16.3. The Hall–Kier alpha value is -5.82. The number of hydrogen-bond acceptors (Lipinski definition) is 4. The maximum Gasteiger partial charge on any atom is 0.338 e. The highest BCUT2D eigenvalue weighted by Gasteiger charge is 2.39. The number of carbonyl (C=O) groups is 1. The number of esters is 1. The molecule has 0 aliphatic carbocycles. The number of pyridine rings is 1. The number of benzene rings is 4. The van der Waals surface area contributed by atoms with Gasteiger partial charge in [0, 0.05) is 29.1 Å². The third-order valence-corrected chi connectivity index (χ3v) is 8.08. The van der Waals surface area contributed by atoms with Gasteiger partial charge < -0.3 is 4.74 Å². The van der Waals surface area contributed by atoms with Crippen LogP contribution in [0.4, 0.5) is 4.39 Å². The number of fused-ring (bicyclic) bond motifs is 1. The molecule has 7 aromatic rings. The number of halogens is 1. The molecule has 6 nitrogen and oxygen atoms in total. The molecular weight excluding hydrogens is 563 g/mol. The lowest BCUT2D eigenvalue weighted by molar-refractivity contribution is 0.0526. The van der Waals surface area contributed by atoms with Crippen LogP contribution in [0, 0.1) is 5.95 Å². The zero-order chi connectivity index (χ0) is 30.8. The molecule has 0 saturated heterocycles. The highest BCUT2D eigenvalue weighted by atomic mass is 19.1. The number of aromatic nitrogens is 4. The van der Waals surface area contributed by atoms with Crippen molar-refractivity contribution in [2.24, 2.45) is 0 Å². The quantitative estimate of drug-likeness (QED) is 0.132. The Morgan fingerprint density at radius 1 is 0.711 bits per heavy atom. The number of rotatable bonds is 8. The molecule has 0 atom stereocenters. The van der Waals surface area contributed by atoms with Crippen LogP contribution in [0.1, 0.15) is 34.0 Å². The van der Waals surface area contributed by atoms with E-state index >= 15 is 4.39 Å². The number of hydrogen-bond donors (Lipinski definition) is 0. The first-order valence-electron chi connectivity index (χ1n) is 14.8. The van der Waals surface area contributed by atoms with Crippen LogP contribution in [0.3, 0.4) is 0 Å². The minimum atomic E-state index is -0.751. The van der Waals surface area contributed by atoms with Crippen LogP contribution in [0.25, 0.3) is 28.0 Å². The molecule has 0 aliphatic rings. The largest absolute Gasteiger partial charge is 0.462 e. The van der Waals surface area contributed by atoms with Crippen LogP contribution in [-0.2, 0) is 10.3 Å². The molecule has 0 spiro atoms. The van der Waals surface area contributed by atoms with Crippen molar-refractivity contribution in [2.45, 2.75) is 12.5 Å². The van der Waals surface area contributed by atoms with E-state index < -0.39 is 17.5 Å². The summed E-state index contributed by atoms with van der Waals surface area (Å²) in [6.45, 7) is 2.04. The van der Waals surface area contributed by atoms with Crippen LogP contribution in [-0.4, -0.2) is 31.7 Å². The molecule has 0 amide bonds. The summed E-state index contributed by atoms with van der Waals surface area (Å²) in [6, 6.07) is 41.5. The van der Waals surface area contributed by atoms with Gasteiger partial charge in [0.25, 0.3) is 0 Å². The van der Waals surface area contributed by atoms with Gasteiger partial charge in [0.15, 0.2) is 0 Å². The zero-order valence-corrected chi connectivity index (χ0v) is 24.5. The molecule has 4 aromatic carbocycles. The summed E-state index contributed by atoms with van der Waals surface area (Å²) in [5.41, 5.74) is 5.94. The number of carbonyl (C=O) groups excluding carboxylic acids is 1. The maximum absolute atomic E-state index is 15.3. The maximum atomic E-state index is 15.3. The van der Waals surface area contributed by atoms with Crippen LogP contribution in [0.5, 0.6) is 0 Å². The van der Waals surface area contributed by atoms with Gasteiger partial charge in [0.1, 0.15) is 16.9 Å². The molecule has 3 heterocycles. The third kappa shape index (κ3) is 4.88. The highest BCUT2D eigenvalue weighted by Crippen LogP contribution is 2.41. The van der Waals surface area contributed by atoms with Gasteiger partial charge in [0.05, 0.1) is 18.4 Å². The molecule has 0 saturated carbocycles. The molecule has 7 heteroatoms. The highest BCUT2D eigenvalue weighted by molar-refractivity contribution is 5.90. The van der Waals surface area contributed by atoms with Gasteiger partial charge in [-0.25, -0.2) is 4.79 Å². The molecule has 0 bridgehead atoms. The summed E-state index contributed by atoms with van der Waals surface area (Å²) in [7, 11) is 0. The van der Waals surface area contributed by atoms with E-state index in [1.54, 1.807) is 41.7 Å². The van der Waals surface area contributed by atoms with Crippen LogP contribution in [0.2, 0.25) is 0 Å². The smallest absolute Gasteiger partial charge is 0.338 e. The average molecular weight is 593 g/mol. The molecule has 3 aromatic heterocycles. The summed E-state index contributed by atoms with van der Waals surface area (Å²) < 4.78 is 24.1. The summed E-state index contributed by atoms with van der Waals surface area (Å²) in [5, 5.41) is 4.98. The van der Waals surface area contributed by atoms with Crippen molar-refractivity contribution in [1.29, 1.82) is 0 Å². The average Bonchev–Trinajstić information content (AvgIpc) is 3.71. The monoisotopic (exact) mass is 592 g/mol. The van der Waals surface area contributed by atoms with E-state index in [0.29, 0.717) is 22.5 Å². The second-order valence-corrected chi connectivity index (χ2v) is 10.7. The van der Waals surface area contributed by atoms with E-state index in [1.165, 1.54) is 0 Å². The van der Waals surface area contributed by atoms with Crippen molar-refractivity contribution in [2.75, 3.05) is 6.61 Å². The van der Waals surface area contributed by atoms with Gasteiger partial charge in [0.2, 0.25) is 5.95 Å². The normalized spacial score (nSPS) is 11.5. The first-order valence-corrected chi connectivity index (χ1v) is 14.8. The van der Waals surface area contributed by atoms with Crippen LogP contribution in [0.15, 0.2) is 146 Å². The first-order chi connectivity index (χ1) is 22.1. The van der Waals surface area contributed by atoms with Crippen LogP contribution >= 0.6 is 0 Å². The number of imidazole rings is 1. The molecular formula is C38H29FN4O2. The molecule has 0 N–H and O–H groups in total. The molecule has 7 rings (SSSR count). The van der Waals surface area contributed by atoms with E-state index in [0.717, 1.165) is 27.8 Å². The lowest BCUT2D eigenvalue weighted by atomic mass is 9.77. The van der Waals surface area contributed by atoms with Crippen molar-refractivity contribution in [3.05, 3.63) is 174 Å². The van der Waals surface area contributed by atoms with Gasteiger partial charge in [-0.2, -0.15) is 14.5 Å². The minimum absolute atomic E-state index is 0.283. The molecule has 0 radical (unpaired) electrons. The summed E-state index contributed by atoms with van der Waals surface area (Å²) in [5.74, 6) is -1.01. The van der Waals surface area contributed by atoms with Crippen LogP contribution < -0.4 is 0 Å². The molecule has 220 valence electrons. The Morgan fingerprint density at radius 2 is 1.27 bits per heavy atom. The Labute approximate surface area is 260 Å². The van der Waals surface area contributed by atoms with Gasteiger partial charge >= 0.3 is 5.97 Å². The number of nitrogens with zero attached hydrogens (tertiary/aromatic N) is 4. The molecule has 0 unspecified atom stereocenters. The van der Waals surface area contributed by atoms with E-state index in [1.807, 2.05) is 83.9 Å². The van der Waals surface area contributed by atoms with E-state index in [4.69, 9.17) is 9.84 Å². The van der Waals surface area contributed by atoms with E-state index in [2.05, 4.69) is 41.4 Å². The second kappa shape index (κ2) is 11.7. The predicted octanol–water partition coefficient (Wildman–Crippen LogP) is 8.02. The number of ether oxygens (including phenoxy) is 1. The predicted molar refractivity (Wildman–Crippen MR) is 172 cm³/mol. The Bertz CT molecular complexity index is 1990. The fraction of sp³-hybridized carbons (Fsp3) is 0.0789. The van der Waals surface area contributed by atoms with Crippen molar-refractivity contribution < 1.29 is 13.9 Å². The lowest BCUT2D eigenvalue weighted by Gasteiger charge is -2.36. The third-order valence-electron chi connectivity index (χ3n) is 8.08. The Kier molecular flexibility index (Phi) is 7.27. The topological polar surface area (TPSA) is 61.4 Å². The minimum Gasteiger partial charge on any atom is -0.462 e. The summed E-state index contributed by atoms with van der Waals surface area (Å²) in [6.07, 6.45) is 5.75. The van der Waals surface area contributed by atoms with E-state index in [9.17, 15) is 4.79 Å². The standard InChI is InChI=1S/C38H29FN4O2/c1-2-45-37(44)28-20-18-27(19-21-28)35-36(39)41-34-23-22-29(25-42(34)35)30-24-40-43(26-30)38(31-12-6-3-7-13-31,32-14-8-4-9-15-32)33-16-10-5-11-17-33/h3-26H,2H2,1H3. The fourth-order valence-electron chi connectivity index (χ4n) is 6.01. The van der Waals surface area contributed by atoms with Gasteiger partial charge in [-0.05, 0) is 47.9 Å². The van der Waals surface area contributed by atoms with Crippen molar-refractivity contribution >= 4 is 11.6 Å². The summed E-state index contributed by atoms with van der Waals surface area (Å²) >= 11 is 0. The van der Waals surface area contributed by atoms with Gasteiger partial charge in [-0.15, -0.1) is 0 Å². The molecule has 0 fully saturated rings. The van der Waals surface area contributed by atoms with Gasteiger partial charge in [-0.3, -0.25) is 9.08 Å². The second-order valence-electron chi connectivity index (χ2n) is 10.7. The Balaban J connectivity index is 1.36. The fourth-order valence-corrected chi connectivity index (χ4v) is 6.01. The molecule has 0 aliphatic heterocycles. The van der Waals surface area contributed by atoms with Crippen molar-refractivity contribution in [1.82, 2.24) is 19.2 Å². The SMILES string of the molecule is CCOC(=O)c1ccc(-c2c(F)nc3ccc(-c4cnn(C(c5ccccc5)(c5ccccc5)c5ccccc5)c4)cn23)cc1. The Morgan fingerprint density at radius 3 is 1.82 bits per heavy atom. The van der Waals surface area contributed by atoms with Crippen molar-refractivity contribution in [3.8, 4) is 22.4 Å². The first kappa shape index (κ1) is 28.0. The van der Waals surface area contributed by atoms with E-state index in [-0.39, 0.29) is 6.61 Å². The lowest BCUT2D eigenvalue weighted by Crippen LogP contribution is -2.38. The van der Waals surface area contributed by atoms with Gasteiger partial charge in [-0.1, -0.05) is 103 Å². The van der Waals surface area contributed by atoms with Crippen molar-refractivity contribution in [3.63, 3.8) is 0 Å².